The Morgan fingerprint density at radius 2 is 1.82 bits per heavy atom. The van der Waals surface area contributed by atoms with Crippen LogP contribution in [0.2, 0.25) is 0 Å². The van der Waals surface area contributed by atoms with Crippen LogP contribution >= 0.6 is 0 Å². The second-order valence-corrected chi connectivity index (χ2v) is 4.24. The number of benzene rings is 1. The minimum atomic E-state index is -0.291. The van der Waals surface area contributed by atoms with Crippen molar-refractivity contribution in [3.05, 3.63) is 33.9 Å². The molecule has 0 radical (unpaired) electrons. The Morgan fingerprint density at radius 3 is 2.29 bits per heavy atom. The molecule has 1 rings (SSSR count). The van der Waals surface area contributed by atoms with Gasteiger partial charge in [-0.05, 0) is 31.4 Å². The van der Waals surface area contributed by atoms with Gasteiger partial charge in [-0.2, -0.15) is 0 Å². The molecule has 4 heteroatoms. The molecule has 0 aliphatic rings. The van der Waals surface area contributed by atoms with E-state index in [4.69, 9.17) is 0 Å². The second-order valence-electron chi connectivity index (χ2n) is 4.24. The van der Waals surface area contributed by atoms with E-state index in [1.807, 2.05) is 19.1 Å². The average Bonchev–Trinajstić information content (AvgIpc) is 2.28. The summed E-state index contributed by atoms with van der Waals surface area (Å²) in [7, 11) is 0. The standard InChI is InChI=1S/C13H20N2O2/c1-4-8-14(9-5-2)12-7-6-11(3)10-13(12)15(16)17/h6-7,10H,4-5,8-9H2,1-3H3. The third kappa shape index (κ3) is 3.44. The Labute approximate surface area is 102 Å². The van der Waals surface area contributed by atoms with Crippen LogP contribution in [0, 0.1) is 17.0 Å². The first-order valence-corrected chi connectivity index (χ1v) is 6.10. The highest BCUT2D eigenvalue weighted by molar-refractivity contribution is 5.64. The molecule has 0 atom stereocenters. The fourth-order valence-corrected chi connectivity index (χ4v) is 1.94. The molecule has 0 aliphatic carbocycles. The van der Waals surface area contributed by atoms with Crippen molar-refractivity contribution in [3.63, 3.8) is 0 Å². The van der Waals surface area contributed by atoms with E-state index in [-0.39, 0.29) is 10.6 Å². The van der Waals surface area contributed by atoms with Crippen LogP contribution in [-0.2, 0) is 0 Å². The molecule has 0 heterocycles. The van der Waals surface area contributed by atoms with Gasteiger partial charge in [-0.25, -0.2) is 0 Å². The van der Waals surface area contributed by atoms with Gasteiger partial charge in [0.25, 0.3) is 5.69 Å². The summed E-state index contributed by atoms with van der Waals surface area (Å²) in [5.74, 6) is 0. The highest BCUT2D eigenvalue weighted by Gasteiger charge is 2.18. The first kappa shape index (κ1) is 13.5. The van der Waals surface area contributed by atoms with E-state index in [0.29, 0.717) is 0 Å². The maximum Gasteiger partial charge on any atom is 0.292 e. The predicted octanol–water partition coefficient (Wildman–Crippen LogP) is 3.53. The molecule has 17 heavy (non-hydrogen) atoms. The van der Waals surface area contributed by atoms with Gasteiger partial charge in [0.15, 0.2) is 0 Å². The lowest BCUT2D eigenvalue weighted by Crippen LogP contribution is -2.25. The fourth-order valence-electron chi connectivity index (χ4n) is 1.94. The normalized spacial score (nSPS) is 10.3. The van der Waals surface area contributed by atoms with Crippen molar-refractivity contribution in [1.82, 2.24) is 0 Å². The summed E-state index contributed by atoms with van der Waals surface area (Å²) in [5.41, 5.74) is 1.88. The Bertz CT molecular complexity index is 385. The number of hydrogen-bond acceptors (Lipinski definition) is 3. The molecule has 1 aromatic rings. The van der Waals surface area contributed by atoms with E-state index in [0.717, 1.165) is 37.2 Å². The maximum absolute atomic E-state index is 11.1. The topological polar surface area (TPSA) is 46.4 Å². The number of hydrogen-bond donors (Lipinski definition) is 0. The zero-order chi connectivity index (χ0) is 12.8. The van der Waals surface area contributed by atoms with Gasteiger partial charge in [0.1, 0.15) is 5.69 Å². The summed E-state index contributed by atoms with van der Waals surface area (Å²) < 4.78 is 0. The van der Waals surface area contributed by atoms with Gasteiger partial charge in [0.2, 0.25) is 0 Å². The van der Waals surface area contributed by atoms with Crippen LogP contribution in [0.5, 0.6) is 0 Å². The molecular weight excluding hydrogens is 216 g/mol. The summed E-state index contributed by atoms with van der Waals surface area (Å²) in [6, 6.07) is 5.44. The summed E-state index contributed by atoms with van der Waals surface area (Å²) >= 11 is 0. The van der Waals surface area contributed by atoms with Gasteiger partial charge < -0.3 is 4.90 Å². The quantitative estimate of drug-likeness (QED) is 0.560. The third-order valence-corrected chi connectivity index (χ3v) is 2.66. The number of nitro groups is 1. The molecule has 1 aromatic carbocycles. The van der Waals surface area contributed by atoms with Crippen molar-refractivity contribution >= 4 is 11.4 Å². The molecule has 0 fully saturated rings. The zero-order valence-corrected chi connectivity index (χ0v) is 10.8. The van der Waals surface area contributed by atoms with Crippen molar-refractivity contribution in [2.45, 2.75) is 33.6 Å². The Balaban J connectivity index is 3.12. The molecule has 0 bridgehead atoms. The van der Waals surface area contributed by atoms with Gasteiger partial charge in [0.05, 0.1) is 4.92 Å². The van der Waals surface area contributed by atoms with E-state index in [2.05, 4.69) is 18.7 Å². The number of rotatable bonds is 6. The lowest BCUT2D eigenvalue weighted by Gasteiger charge is -2.23. The van der Waals surface area contributed by atoms with Gasteiger partial charge in [0, 0.05) is 19.2 Å². The summed E-state index contributed by atoms with van der Waals surface area (Å²) in [6.07, 6.45) is 1.98. The predicted molar refractivity (Wildman–Crippen MR) is 70.6 cm³/mol. The molecular formula is C13H20N2O2. The van der Waals surface area contributed by atoms with E-state index < -0.39 is 0 Å². The molecule has 0 saturated heterocycles. The molecule has 0 unspecified atom stereocenters. The SMILES string of the molecule is CCCN(CCC)c1ccc(C)cc1[N+](=O)[O-]. The average molecular weight is 236 g/mol. The van der Waals surface area contributed by atoms with Gasteiger partial charge in [-0.3, -0.25) is 10.1 Å². The Morgan fingerprint density at radius 1 is 1.24 bits per heavy atom. The van der Waals surface area contributed by atoms with E-state index in [9.17, 15) is 10.1 Å². The highest BCUT2D eigenvalue weighted by Crippen LogP contribution is 2.29. The van der Waals surface area contributed by atoms with Gasteiger partial charge >= 0.3 is 0 Å². The minimum Gasteiger partial charge on any atom is -0.366 e. The smallest absolute Gasteiger partial charge is 0.292 e. The highest BCUT2D eigenvalue weighted by atomic mass is 16.6. The molecule has 0 aromatic heterocycles. The maximum atomic E-state index is 11.1. The van der Waals surface area contributed by atoms with Gasteiger partial charge in [-0.15, -0.1) is 0 Å². The van der Waals surface area contributed by atoms with Crippen molar-refractivity contribution in [2.75, 3.05) is 18.0 Å². The van der Waals surface area contributed by atoms with Crippen LogP contribution in [0.1, 0.15) is 32.3 Å². The van der Waals surface area contributed by atoms with Crippen LogP contribution < -0.4 is 4.90 Å². The number of nitro benzene ring substituents is 1. The van der Waals surface area contributed by atoms with Gasteiger partial charge in [-0.1, -0.05) is 19.9 Å². The molecule has 0 amide bonds. The molecule has 4 nitrogen and oxygen atoms in total. The molecule has 0 aliphatic heterocycles. The molecule has 0 N–H and O–H groups in total. The molecule has 0 saturated carbocycles. The number of anilines is 1. The van der Waals surface area contributed by atoms with Crippen LogP contribution in [0.4, 0.5) is 11.4 Å². The van der Waals surface area contributed by atoms with Crippen molar-refractivity contribution < 1.29 is 4.92 Å². The fraction of sp³-hybridized carbons (Fsp3) is 0.538. The Hall–Kier alpha value is -1.58. The third-order valence-electron chi connectivity index (χ3n) is 2.66. The monoisotopic (exact) mass is 236 g/mol. The van der Waals surface area contributed by atoms with Crippen molar-refractivity contribution in [3.8, 4) is 0 Å². The van der Waals surface area contributed by atoms with E-state index in [1.54, 1.807) is 6.07 Å². The second kappa shape index (κ2) is 6.23. The van der Waals surface area contributed by atoms with E-state index in [1.165, 1.54) is 0 Å². The first-order valence-electron chi connectivity index (χ1n) is 6.10. The number of nitrogens with zero attached hydrogens (tertiary/aromatic N) is 2. The van der Waals surface area contributed by atoms with E-state index >= 15 is 0 Å². The van der Waals surface area contributed by atoms with Crippen LogP contribution in [0.25, 0.3) is 0 Å². The Kier molecular flexibility index (Phi) is 4.94. The lowest BCUT2D eigenvalue weighted by molar-refractivity contribution is -0.384. The molecule has 94 valence electrons. The summed E-state index contributed by atoms with van der Waals surface area (Å²) in [6.45, 7) is 7.77. The summed E-state index contributed by atoms with van der Waals surface area (Å²) in [5, 5.41) is 11.1. The largest absolute Gasteiger partial charge is 0.366 e. The molecule has 0 spiro atoms. The van der Waals surface area contributed by atoms with Crippen LogP contribution in [-0.4, -0.2) is 18.0 Å². The van der Waals surface area contributed by atoms with Crippen molar-refractivity contribution in [1.29, 1.82) is 0 Å². The number of aryl methyl sites for hydroxylation is 1. The lowest BCUT2D eigenvalue weighted by atomic mass is 10.1. The summed E-state index contributed by atoms with van der Waals surface area (Å²) in [4.78, 5) is 12.9. The van der Waals surface area contributed by atoms with Crippen LogP contribution in [0.3, 0.4) is 0 Å². The zero-order valence-electron chi connectivity index (χ0n) is 10.8. The minimum absolute atomic E-state index is 0.215. The van der Waals surface area contributed by atoms with Crippen molar-refractivity contribution in [2.24, 2.45) is 0 Å². The first-order chi connectivity index (χ1) is 8.10. The van der Waals surface area contributed by atoms with Crippen LogP contribution in [0.15, 0.2) is 18.2 Å².